The van der Waals surface area contributed by atoms with Crippen LogP contribution < -0.4 is 0 Å². The first-order valence-electron chi connectivity index (χ1n) is 10.9. The molecule has 174 valence electrons. The normalized spacial score (nSPS) is 18.0. The average Bonchev–Trinajstić information content (AvgIpc) is 3.37. The van der Waals surface area contributed by atoms with Crippen molar-refractivity contribution in [1.29, 1.82) is 0 Å². The highest BCUT2D eigenvalue weighted by molar-refractivity contribution is 7.99. The van der Waals surface area contributed by atoms with Crippen LogP contribution in [-0.2, 0) is 26.0 Å². The largest absolute Gasteiger partial charge is 0.455 e. The van der Waals surface area contributed by atoms with Crippen molar-refractivity contribution in [3.8, 4) is 0 Å². The molecule has 1 fully saturated rings. The van der Waals surface area contributed by atoms with Crippen LogP contribution in [0.5, 0.6) is 0 Å². The van der Waals surface area contributed by atoms with Gasteiger partial charge in [0.1, 0.15) is 12.1 Å². The van der Waals surface area contributed by atoms with Gasteiger partial charge < -0.3 is 4.74 Å². The summed E-state index contributed by atoms with van der Waals surface area (Å²) >= 11 is 3.12. The number of carbonyl (C=O) groups excluding carboxylic acids is 1. The Morgan fingerprint density at radius 1 is 1.09 bits per heavy atom. The fourth-order valence-electron chi connectivity index (χ4n) is 3.80. The Labute approximate surface area is 203 Å². The fourth-order valence-corrected chi connectivity index (χ4v) is 7.41. The molecule has 3 aromatic rings. The number of carbonyl (C=O) groups is 1. The zero-order valence-corrected chi connectivity index (χ0v) is 20.9. The number of esters is 1. The average molecular weight is 502 g/mol. The Balaban J connectivity index is 1.52. The second-order valence-corrected chi connectivity index (χ2v) is 12.0. The molecule has 0 amide bonds. The number of aryl methyl sites for hydroxylation is 2. The highest BCUT2D eigenvalue weighted by Gasteiger charge is 2.40. The SMILES string of the molecule is Cc1ccc(S(=O)(=O)N2CCSC[C@H]2C(=O)OC(CCc2ccccc2)c2cccs2)cc1. The first-order chi connectivity index (χ1) is 15.9. The van der Waals surface area contributed by atoms with Crippen LogP contribution in [0.1, 0.15) is 28.5 Å². The van der Waals surface area contributed by atoms with Crippen molar-refractivity contribution in [1.82, 2.24) is 4.31 Å². The van der Waals surface area contributed by atoms with Crippen LogP contribution >= 0.6 is 23.1 Å². The maximum atomic E-state index is 13.3. The van der Waals surface area contributed by atoms with Gasteiger partial charge in [-0.15, -0.1) is 11.3 Å². The molecule has 1 unspecified atom stereocenters. The highest BCUT2D eigenvalue weighted by atomic mass is 32.2. The molecule has 2 heterocycles. The van der Waals surface area contributed by atoms with Crippen molar-refractivity contribution in [3.05, 3.63) is 88.1 Å². The van der Waals surface area contributed by atoms with Gasteiger partial charge in [-0.1, -0.05) is 54.1 Å². The van der Waals surface area contributed by atoms with Gasteiger partial charge in [-0.05, 0) is 48.9 Å². The van der Waals surface area contributed by atoms with Crippen LogP contribution in [0.15, 0.2) is 77.0 Å². The second kappa shape index (κ2) is 10.9. The van der Waals surface area contributed by atoms with E-state index in [1.807, 2.05) is 42.6 Å². The summed E-state index contributed by atoms with van der Waals surface area (Å²) in [6.45, 7) is 2.20. The van der Waals surface area contributed by atoms with Crippen molar-refractivity contribution in [2.45, 2.75) is 36.8 Å². The van der Waals surface area contributed by atoms with E-state index in [9.17, 15) is 13.2 Å². The quantitative estimate of drug-likeness (QED) is 0.403. The molecule has 1 aromatic heterocycles. The van der Waals surface area contributed by atoms with Crippen molar-refractivity contribution in [2.75, 3.05) is 18.1 Å². The van der Waals surface area contributed by atoms with E-state index in [0.717, 1.165) is 16.9 Å². The van der Waals surface area contributed by atoms with Crippen LogP contribution in [0.2, 0.25) is 0 Å². The number of rotatable bonds is 8. The fraction of sp³-hybridized carbons (Fsp3) is 0.320. The number of ether oxygens (including phenoxy) is 1. The number of sulfonamides is 1. The van der Waals surface area contributed by atoms with E-state index in [2.05, 4.69) is 12.1 Å². The lowest BCUT2D eigenvalue weighted by atomic mass is 10.1. The number of hydrogen-bond acceptors (Lipinski definition) is 6. The highest BCUT2D eigenvalue weighted by Crippen LogP contribution is 2.31. The molecule has 0 N–H and O–H groups in total. The molecule has 2 atom stereocenters. The zero-order chi connectivity index (χ0) is 23.3. The summed E-state index contributed by atoms with van der Waals surface area (Å²) in [6, 6.07) is 19.9. The standard InChI is InChI=1S/C25H27NO4S3/c1-19-9-12-21(13-10-19)33(28,29)26-15-17-31-18-22(26)25(27)30-23(24-8-5-16-32-24)14-11-20-6-3-2-4-7-20/h2-10,12-13,16,22-23H,11,14-15,17-18H2,1H3/t22-,23?/m0/s1. The van der Waals surface area contributed by atoms with Crippen molar-refractivity contribution in [3.63, 3.8) is 0 Å². The summed E-state index contributed by atoms with van der Waals surface area (Å²) in [5.41, 5.74) is 2.16. The van der Waals surface area contributed by atoms with Crippen molar-refractivity contribution < 1.29 is 17.9 Å². The van der Waals surface area contributed by atoms with E-state index >= 15 is 0 Å². The number of thiophene rings is 1. The van der Waals surface area contributed by atoms with Gasteiger partial charge in [0.2, 0.25) is 10.0 Å². The van der Waals surface area contributed by atoms with Gasteiger partial charge in [-0.25, -0.2) is 8.42 Å². The maximum Gasteiger partial charge on any atom is 0.325 e. The molecule has 1 saturated heterocycles. The zero-order valence-electron chi connectivity index (χ0n) is 18.4. The van der Waals surface area contributed by atoms with Gasteiger partial charge in [0.25, 0.3) is 0 Å². The van der Waals surface area contributed by atoms with E-state index < -0.39 is 28.1 Å². The summed E-state index contributed by atoms with van der Waals surface area (Å²) in [4.78, 5) is 14.5. The molecule has 1 aliphatic rings. The molecule has 0 bridgehead atoms. The summed E-state index contributed by atoms with van der Waals surface area (Å²) in [5, 5.41) is 1.96. The molecule has 1 aliphatic heterocycles. The second-order valence-electron chi connectivity index (χ2n) is 7.98. The third-order valence-corrected chi connectivity index (χ3v) is 9.55. The minimum Gasteiger partial charge on any atom is -0.455 e. The first-order valence-corrected chi connectivity index (χ1v) is 14.4. The molecule has 0 saturated carbocycles. The topological polar surface area (TPSA) is 63.7 Å². The number of nitrogens with zero attached hydrogens (tertiary/aromatic N) is 1. The van der Waals surface area contributed by atoms with Gasteiger partial charge in [0.05, 0.1) is 4.90 Å². The Bertz CT molecular complexity index is 1150. The van der Waals surface area contributed by atoms with Crippen LogP contribution in [0.4, 0.5) is 0 Å². The third kappa shape index (κ3) is 5.87. The Morgan fingerprint density at radius 2 is 1.85 bits per heavy atom. The van der Waals surface area contributed by atoms with Gasteiger partial charge in [-0.3, -0.25) is 4.79 Å². The lowest BCUT2D eigenvalue weighted by molar-refractivity contribution is -0.153. The van der Waals surface area contributed by atoms with Gasteiger partial charge in [0, 0.05) is 22.9 Å². The molecule has 8 heteroatoms. The van der Waals surface area contributed by atoms with Gasteiger partial charge in [0.15, 0.2) is 0 Å². The molecule has 0 aliphatic carbocycles. The maximum absolute atomic E-state index is 13.3. The lowest BCUT2D eigenvalue weighted by Gasteiger charge is -2.33. The summed E-state index contributed by atoms with van der Waals surface area (Å²) in [6.07, 6.45) is 0.996. The minimum atomic E-state index is -3.80. The number of hydrogen-bond donors (Lipinski definition) is 0. The molecule has 0 spiro atoms. The van der Waals surface area contributed by atoms with Crippen molar-refractivity contribution >= 4 is 39.1 Å². The predicted octanol–water partition coefficient (Wildman–Crippen LogP) is 5.08. The van der Waals surface area contributed by atoms with E-state index in [1.165, 1.54) is 9.87 Å². The monoisotopic (exact) mass is 501 g/mol. The molecule has 33 heavy (non-hydrogen) atoms. The Hall–Kier alpha value is -2.13. The van der Waals surface area contributed by atoms with E-state index in [-0.39, 0.29) is 11.4 Å². The summed E-state index contributed by atoms with van der Waals surface area (Å²) < 4.78 is 34.0. The molecule has 2 aromatic carbocycles. The Kier molecular flexibility index (Phi) is 7.90. The smallest absolute Gasteiger partial charge is 0.325 e. The molecule has 4 rings (SSSR count). The molecule has 0 radical (unpaired) electrons. The van der Waals surface area contributed by atoms with Crippen LogP contribution in [0.3, 0.4) is 0 Å². The lowest BCUT2D eigenvalue weighted by Crippen LogP contribution is -2.51. The van der Waals surface area contributed by atoms with E-state index in [1.54, 1.807) is 47.4 Å². The van der Waals surface area contributed by atoms with Gasteiger partial charge in [-0.2, -0.15) is 16.1 Å². The van der Waals surface area contributed by atoms with Crippen molar-refractivity contribution in [2.24, 2.45) is 0 Å². The summed E-state index contributed by atoms with van der Waals surface area (Å²) in [7, 11) is -3.80. The van der Waals surface area contributed by atoms with Crippen LogP contribution in [-0.4, -0.2) is 42.8 Å². The van der Waals surface area contributed by atoms with E-state index in [4.69, 9.17) is 4.74 Å². The van der Waals surface area contributed by atoms with Crippen LogP contribution in [0, 0.1) is 6.92 Å². The Morgan fingerprint density at radius 3 is 2.55 bits per heavy atom. The third-order valence-electron chi connectivity index (χ3n) is 5.64. The molecular weight excluding hydrogens is 474 g/mol. The van der Waals surface area contributed by atoms with Crippen LogP contribution in [0.25, 0.3) is 0 Å². The van der Waals surface area contributed by atoms with E-state index in [0.29, 0.717) is 17.9 Å². The van der Waals surface area contributed by atoms with Gasteiger partial charge >= 0.3 is 5.97 Å². The first kappa shape index (κ1) is 24.0. The number of benzene rings is 2. The predicted molar refractivity (Wildman–Crippen MR) is 134 cm³/mol. The summed E-state index contributed by atoms with van der Waals surface area (Å²) in [5.74, 6) is 0.557. The molecular formula is C25H27NO4S3. The molecule has 5 nitrogen and oxygen atoms in total. The minimum absolute atomic E-state index is 0.205. The number of thioether (sulfide) groups is 1.